The molecule has 7 nitrogen and oxygen atoms in total. The van der Waals surface area contributed by atoms with Gasteiger partial charge in [-0.2, -0.15) is 0 Å². The molecule has 0 radical (unpaired) electrons. The van der Waals surface area contributed by atoms with Gasteiger partial charge >= 0.3 is 5.97 Å². The van der Waals surface area contributed by atoms with Crippen molar-refractivity contribution in [3.8, 4) is 0 Å². The Kier molecular flexibility index (Phi) is 8.24. The van der Waals surface area contributed by atoms with E-state index in [-0.39, 0.29) is 18.4 Å². The molecule has 0 atom stereocenters. The number of hydrogen-bond acceptors (Lipinski definition) is 6. The Labute approximate surface area is 194 Å². The minimum Gasteiger partial charge on any atom is -0.458 e. The van der Waals surface area contributed by atoms with Crippen LogP contribution in [0.15, 0.2) is 42.5 Å². The number of fused-ring (bicyclic) bond motifs is 1. The Balaban J connectivity index is 1.55. The van der Waals surface area contributed by atoms with E-state index >= 15 is 0 Å². The quantitative estimate of drug-likeness (QED) is 0.171. The Morgan fingerprint density at radius 2 is 1.58 bits per heavy atom. The summed E-state index contributed by atoms with van der Waals surface area (Å²) in [7, 11) is 0. The number of nitrogens with two attached hydrogens (primary N) is 2. The van der Waals surface area contributed by atoms with Gasteiger partial charge in [0, 0.05) is 24.0 Å². The van der Waals surface area contributed by atoms with E-state index in [4.69, 9.17) is 16.2 Å². The van der Waals surface area contributed by atoms with E-state index in [0.717, 1.165) is 19.3 Å². The van der Waals surface area contributed by atoms with Gasteiger partial charge in [0.15, 0.2) is 0 Å². The monoisotopic (exact) mass is 449 g/mol. The van der Waals surface area contributed by atoms with Gasteiger partial charge in [-0.05, 0) is 54.0 Å². The molecule has 1 aliphatic heterocycles. The molecule has 0 bridgehead atoms. The molecule has 0 fully saturated rings. The summed E-state index contributed by atoms with van der Waals surface area (Å²) in [5.74, 6) is -1.07. The minimum absolute atomic E-state index is 0.0446. The van der Waals surface area contributed by atoms with Crippen LogP contribution in [0.4, 0.5) is 11.4 Å². The van der Waals surface area contributed by atoms with Crippen LogP contribution in [0.1, 0.15) is 77.3 Å². The average Bonchev–Trinajstić information content (AvgIpc) is 3.02. The highest BCUT2D eigenvalue weighted by Gasteiger charge is 2.34. The molecule has 1 aliphatic rings. The van der Waals surface area contributed by atoms with Gasteiger partial charge in [0.05, 0.1) is 11.1 Å². The Morgan fingerprint density at radius 3 is 2.30 bits per heavy atom. The molecule has 0 saturated heterocycles. The molecule has 2 aromatic carbocycles. The van der Waals surface area contributed by atoms with Gasteiger partial charge in [-0.15, -0.1) is 0 Å². The lowest BCUT2D eigenvalue weighted by Crippen LogP contribution is -2.30. The maximum Gasteiger partial charge on any atom is 0.331 e. The van der Waals surface area contributed by atoms with Crippen LogP contribution in [0.25, 0.3) is 6.08 Å². The van der Waals surface area contributed by atoms with Crippen LogP contribution in [0.5, 0.6) is 0 Å². The second-order valence-corrected chi connectivity index (χ2v) is 8.28. The molecule has 174 valence electrons. The third kappa shape index (κ3) is 6.44. The lowest BCUT2D eigenvalue weighted by atomic mass is 10.1. The van der Waals surface area contributed by atoms with E-state index in [9.17, 15) is 14.4 Å². The maximum absolute atomic E-state index is 12.7. The summed E-state index contributed by atoms with van der Waals surface area (Å²) in [6.07, 6.45) is 9.36. The Bertz CT molecular complexity index is 1040. The van der Waals surface area contributed by atoms with Crippen molar-refractivity contribution in [2.75, 3.05) is 18.0 Å². The number of unbranched alkanes of at least 4 members (excludes halogenated alkanes) is 5. The van der Waals surface area contributed by atoms with Crippen LogP contribution in [-0.2, 0) is 16.1 Å². The highest BCUT2D eigenvalue weighted by Crippen LogP contribution is 2.25. The number of carbonyl (C=O) groups excluding carboxylic acids is 3. The zero-order valence-electron chi connectivity index (χ0n) is 19.0. The molecule has 4 N–H and O–H groups in total. The summed E-state index contributed by atoms with van der Waals surface area (Å²) < 4.78 is 5.22. The smallest absolute Gasteiger partial charge is 0.331 e. The summed E-state index contributed by atoms with van der Waals surface area (Å²) in [5.41, 5.74) is 14.6. The summed E-state index contributed by atoms with van der Waals surface area (Å²) in [5, 5.41) is 0. The molecule has 2 amide bonds. The maximum atomic E-state index is 12.7. The SMILES string of the molecule is CCCCCCCCN1C(=O)c2ccc(/C=C/C(=O)OCc3cc(N)cc(N)c3)cc2C1=O. The second kappa shape index (κ2) is 11.3. The van der Waals surface area contributed by atoms with E-state index in [1.807, 2.05) is 0 Å². The number of carbonyl (C=O) groups is 3. The molecular formula is C26H31N3O4. The van der Waals surface area contributed by atoms with Crippen molar-refractivity contribution in [2.45, 2.75) is 52.1 Å². The van der Waals surface area contributed by atoms with Gasteiger partial charge in [0.2, 0.25) is 0 Å². The van der Waals surface area contributed by atoms with Gasteiger partial charge < -0.3 is 16.2 Å². The molecule has 0 aliphatic carbocycles. The first-order chi connectivity index (χ1) is 15.9. The number of amides is 2. The third-order valence-corrected chi connectivity index (χ3v) is 5.56. The van der Waals surface area contributed by atoms with E-state index in [2.05, 4.69) is 6.92 Å². The third-order valence-electron chi connectivity index (χ3n) is 5.56. The summed E-state index contributed by atoms with van der Waals surface area (Å²) in [6.45, 7) is 2.65. The van der Waals surface area contributed by atoms with Crippen molar-refractivity contribution in [3.63, 3.8) is 0 Å². The van der Waals surface area contributed by atoms with Gasteiger partial charge in [-0.1, -0.05) is 45.1 Å². The number of ether oxygens (including phenoxy) is 1. The topological polar surface area (TPSA) is 116 Å². The van der Waals surface area contributed by atoms with E-state index in [0.29, 0.717) is 40.2 Å². The zero-order chi connectivity index (χ0) is 23.8. The fourth-order valence-corrected chi connectivity index (χ4v) is 3.86. The van der Waals surface area contributed by atoms with E-state index in [1.165, 1.54) is 30.2 Å². The van der Waals surface area contributed by atoms with Crippen LogP contribution < -0.4 is 11.5 Å². The number of nitrogen functional groups attached to an aromatic ring is 2. The van der Waals surface area contributed by atoms with Crippen LogP contribution in [0.2, 0.25) is 0 Å². The fourth-order valence-electron chi connectivity index (χ4n) is 3.86. The number of rotatable bonds is 11. The molecular weight excluding hydrogens is 418 g/mol. The number of nitrogens with zero attached hydrogens (tertiary/aromatic N) is 1. The molecule has 33 heavy (non-hydrogen) atoms. The molecule has 0 spiro atoms. The number of benzene rings is 2. The molecule has 1 heterocycles. The highest BCUT2D eigenvalue weighted by atomic mass is 16.5. The molecule has 0 aromatic heterocycles. The number of anilines is 2. The van der Waals surface area contributed by atoms with Crippen molar-refractivity contribution >= 4 is 35.2 Å². The Hall–Kier alpha value is -3.61. The second-order valence-electron chi connectivity index (χ2n) is 8.28. The van der Waals surface area contributed by atoms with Crippen LogP contribution in [-0.4, -0.2) is 29.2 Å². The van der Waals surface area contributed by atoms with Gasteiger partial charge in [0.25, 0.3) is 11.8 Å². The normalized spacial score (nSPS) is 13.1. The molecule has 7 heteroatoms. The molecule has 3 rings (SSSR count). The van der Waals surface area contributed by atoms with E-state index in [1.54, 1.807) is 42.5 Å². The lowest BCUT2D eigenvalue weighted by Gasteiger charge is -2.13. The van der Waals surface area contributed by atoms with Crippen molar-refractivity contribution in [2.24, 2.45) is 0 Å². The summed E-state index contributed by atoms with van der Waals surface area (Å²) >= 11 is 0. The first-order valence-electron chi connectivity index (χ1n) is 11.4. The average molecular weight is 450 g/mol. The van der Waals surface area contributed by atoms with Crippen LogP contribution >= 0.6 is 0 Å². The molecule has 0 saturated carbocycles. The minimum atomic E-state index is -0.538. The predicted molar refractivity (Wildman–Crippen MR) is 129 cm³/mol. The highest BCUT2D eigenvalue weighted by molar-refractivity contribution is 6.21. The fraction of sp³-hybridized carbons (Fsp3) is 0.346. The molecule has 0 unspecified atom stereocenters. The summed E-state index contributed by atoms with van der Waals surface area (Å²) in [6, 6.07) is 9.98. The first-order valence-corrected chi connectivity index (χ1v) is 11.4. The Morgan fingerprint density at radius 1 is 0.909 bits per heavy atom. The van der Waals surface area contributed by atoms with Crippen molar-refractivity contribution < 1.29 is 19.1 Å². The summed E-state index contributed by atoms with van der Waals surface area (Å²) in [4.78, 5) is 38.8. The van der Waals surface area contributed by atoms with Crippen molar-refractivity contribution in [3.05, 3.63) is 64.7 Å². The van der Waals surface area contributed by atoms with E-state index < -0.39 is 5.97 Å². The van der Waals surface area contributed by atoms with Crippen molar-refractivity contribution in [1.82, 2.24) is 4.90 Å². The molecule has 2 aromatic rings. The van der Waals surface area contributed by atoms with Crippen LogP contribution in [0, 0.1) is 0 Å². The number of esters is 1. The van der Waals surface area contributed by atoms with Crippen LogP contribution in [0.3, 0.4) is 0 Å². The van der Waals surface area contributed by atoms with Gasteiger partial charge in [-0.3, -0.25) is 14.5 Å². The standard InChI is InChI=1S/C26H31N3O4/c1-2-3-4-5-6-7-12-29-25(31)22-10-8-18(15-23(22)26(29)32)9-11-24(30)33-17-19-13-20(27)16-21(28)14-19/h8-11,13-16H,2-7,12,17,27-28H2,1H3/b11-9+. The zero-order valence-corrected chi connectivity index (χ0v) is 19.0. The van der Waals surface area contributed by atoms with Gasteiger partial charge in [0.1, 0.15) is 6.61 Å². The number of imide groups is 1. The van der Waals surface area contributed by atoms with Crippen molar-refractivity contribution in [1.29, 1.82) is 0 Å². The largest absolute Gasteiger partial charge is 0.458 e. The van der Waals surface area contributed by atoms with Gasteiger partial charge in [-0.25, -0.2) is 4.79 Å². The lowest BCUT2D eigenvalue weighted by molar-refractivity contribution is -0.138. The number of hydrogen-bond donors (Lipinski definition) is 2. The predicted octanol–water partition coefficient (Wildman–Crippen LogP) is 4.56. The first kappa shape index (κ1) is 24.0.